The molecule has 0 aromatic heterocycles. The van der Waals surface area contributed by atoms with E-state index >= 15 is 0 Å². The highest BCUT2D eigenvalue weighted by Crippen LogP contribution is 2.17. The molecular weight excluding hydrogens is 206 g/mol. The van der Waals surface area contributed by atoms with Crippen molar-refractivity contribution in [1.29, 1.82) is 0 Å². The minimum absolute atomic E-state index is 0.804. The molecular formula is C16H35N. The first-order valence-electron chi connectivity index (χ1n) is 8.05. The quantitative estimate of drug-likeness (QED) is 0.436. The Kier molecular flexibility index (Phi) is 14.0. The Morgan fingerprint density at radius 3 is 1.41 bits per heavy atom. The number of hydrogen-bond acceptors (Lipinski definition) is 1. The molecule has 104 valence electrons. The van der Waals surface area contributed by atoms with E-state index in [0.717, 1.165) is 12.5 Å². The van der Waals surface area contributed by atoms with E-state index in [2.05, 4.69) is 13.8 Å². The van der Waals surface area contributed by atoms with Crippen molar-refractivity contribution < 1.29 is 0 Å². The molecule has 0 radical (unpaired) electrons. The third-order valence-electron chi connectivity index (χ3n) is 3.77. The average Bonchev–Trinajstić information content (AvgIpc) is 2.36. The fraction of sp³-hybridized carbons (Fsp3) is 1.00. The summed E-state index contributed by atoms with van der Waals surface area (Å²) in [6.07, 6.45) is 16.7. The lowest BCUT2D eigenvalue weighted by Crippen LogP contribution is -2.14. The highest BCUT2D eigenvalue weighted by atomic mass is 14.5. The van der Waals surface area contributed by atoms with Crippen LogP contribution in [0, 0.1) is 5.92 Å². The summed E-state index contributed by atoms with van der Waals surface area (Å²) in [7, 11) is 0. The lowest BCUT2D eigenvalue weighted by Gasteiger charge is -2.14. The van der Waals surface area contributed by atoms with Crippen LogP contribution >= 0.6 is 0 Å². The SMILES string of the molecule is CCCCCCCC(CN)CCCCCCC. The molecule has 0 amide bonds. The third kappa shape index (κ3) is 12.2. The van der Waals surface area contributed by atoms with E-state index in [4.69, 9.17) is 5.73 Å². The fourth-order valence-corrected chi connectivity index (χ4v) is 2.45. The molecule has 0 atom stereocenters. The van der Waals surface area contributed by atoms with Crippen molar-refractivity contribution in [3.05, 3.63) is 0 Å². The Balaban J connectivity index is 3.30. The second kappa shape index (κ2) is 14.0. The van der Waals surface area contributed by atoms with E-state index in [-0.39, 0.29) is 0 Å². The Morgan fingerprint density at radius 1 is 0.647 bits per heavy atom. The normalized spacial score (nSPS) is 11.3. The van der Waals surface area contributed by atoms with Crippen molar-refractivity contribution in [1.82, 2.24) is 0 Å². The molecule has 0 saturated carbocycles. The smallest absolute Gasteiger partial charge is 0.00489 e. The highest BCUT2D eigenvalue weighted by molar-refractivity contribution is 4.61. The van der Waals surface area contributed by atoms with Gasteiger partial charge in [-0.3, -0.25) is 0 Å². The first-order valence-corrected chi connectivity index (χ1v) is 8.05. The van der Waals surface area contributed by atoms with Crippen LogP contribution in [-0.2, 0) is 0 Å². The van der Waals surface area contributed by atoms with E-state index in [9.17, 15) is 0 Å². The predicted octanol–water partition coefficient (Wildman–Crippen LogP) is 5.28. The molecule has 1 heteroatoms. The van der Waals surface area contributed by atoms with Crippen molar-refractivity contribution in [2.45, 2.75) is 90.9 Å². The molecule has 0 aromatic carbocycles. The Morgan fingerprint density at radius 2 is 1.06 bits per heavy atom. The summed E-state index contributed by atoms with van der Waals surface area (Å²) in [5, 5.41) is 0. The Bertz CT molecular complexity index is 119. The maximum absolute atomic E-state index is 5.85. The van der Waals surface area contributed by atoms with Gasteiger partial charge < -0.3 is 5.73 Å². The van der Waals surface area contributed by atoms with Gasteiger partial charge in [-0.05, 0) is 25.3 Å². The summed E-state index contributed by atoms with van der Waals surface area (Å²) < 4.78 is 0. The van der Waals surface area contributed by atoms with E-state index in [0.29, 0.717) is 0 Å². The largest absolute Gasteiger partial charge is 0.330 e. The molecule has 0 spiro atoms. The summed E-state index contributed by atoms with van der Waals surface area (Å²) in [5.41, 5.74) is 5.85. The van der Waals surface area contributed by atoms with Crippen LogP contribution < -0.4 is 5.73 Å². The fourth-order valence-electron chi connectivity index (χ4n) is 2.45. The van der Waals surface area contributed by atoms with Crippen LogP contribution in [0.1, 0.15) is 90.9 Å². The summed E-state index contributed by atoms with van der Waals surface area (Å²) in [4.78, 5) is 0. The number of nitrogens with two attached hydrogens (primary N) is 1. The van der Waals surface area contributed by atoms with Crippen molar-refractivity contribution >= 4 is 0 Å². The first-order chi connectivity index (χ1) is 8.35. The summed E-state index contributed by atoms with van der Waals surface area (Å²) in [6, 6.07) is 0. The Labute approximate surface area is 110 Å². The monoisotopic (exact) mass is 241 g/mol. The molecule has 0 rings (SSSR count). The number of rotatable bonds is 13. The molecule has 0 unspecified atom stereocenters. The highest BCUT2D eigenvalue weighted by Gasteiger charge is 2.05. The summed E-state index contributed by atoms with van der Waals surface area (Å²) >= 11 is 0. The number of unbranched alkanes of at least 4 members (excludes halogenated alkanes) is 8. The van der Waals surface area contributed by atoms with Crippen LogP contribution in [-0.4, -0.2) is 6.54 Å². The van der Waals surface area contributed by atoms with Crippen molar-refractivity contribution in [2.75, 3.05) is 6.54 Å². The van der Waals surface area contributed by atoms with Crippen LogP contribution in [0.15, 0.2) is 0 Å². The lowest BCUT2D eigenvalue weighted by molar-refractivity contribution is 0.412. The average molecular weight is 241 g/mol. The minimum Gasteiger partial charge on any atom is -0.330 e. The van der Waals surface area contributed by atoms with Crippen molar-refractivity contribution in [3.8, 4) is 0 Å². The van der Waals surface area contributed by atoms with Crippen LogP contribution in [0.25, 0.3) is 0 Å². The summed E-state index contributed by atoms with van der Waals surface area (Å²) in [5.74, 6) is 0.804. The van der Waals surface area contributed by atoms with Gasteiger partial charge in [-0.2, -0.15) is 0 Å². The van der Waals surface area contributed by atoms with Gasteiger partial charge in [-0.25, -0.2) is 0 Å². The molecule has 0 fully saturated rings. The molecule has 2 N–H and O–H groups in total. The maximum Gasteiger partial charge on any atom is -0.00489 e. The summed E-state index contributed by atoms with van der Waals surface area (Å²) in [6.45, 7) is 5.46. The zero-order valence-electron chi connectivity index (χ0n) is 12.3. The van der Waals surface area contributed by atoms with Gasteiger partial charge in [0.2, 0.25) is 0 Å². The number of hydrogen-bond donors (Lipinski definition) is 1. The van der Waals surface area contributed by atoms with Gasteiger partial charge in [0.25, 0.3) is 0 Å². The third-order valence-corrected chi connectivity index (χ3v) is 3.77. The molecule has 17 heavy (non-hydrogen) atoms. The standard InChI is InChI=1S/C16H35N/c1-3-5-7-9-11-13-16(15-17)14-12-10-8-6-4-2/h16H,3-15,17H2,1-2H3. The zero-order chi connectivity index (χ0) is 12.8. The van der Waals surface area contributed by atoms with E-state index < -0.39 is 0 Å². The van der Waals surface area contributed by atoms with Crippen LogP contribution in [0.2, 0.25) is 0 Å². The van der Waals surface area contributed by atoms with Crippen molar-refractivity contribution in [2.24, 2.45) is 11.7 Å². The molecule has 0 bridgehead atoms. The Hall–Kier alpha value is -0.0400. The second-order valence-electron chi connectivity index (χ2n) is 5.51. The minimum atomic E-state index is 0.804. The molecule has 0 aliphatic carbocycles. The van der Waals surface area contributed by atoms with E-state index in [1.807, 2.05) is 0 Å². The lowest BCUT2D eigenvalue weighted by atomic mass is 9.94. The predicted molar refractivity (Wildman–Crippen MR) is 79.3 cm³/mol. The van der Waals surface area contributed by atoms with Crippen molar-refractivity contribution in [3.63, 3.8) is 0 Å². The van der Waals surface area contributed by atoms with Crippen LogP contribution in [0.3, 0.4) is 0 Å². The van der Waals surface area contributed by atoms with Gasteiger partial charge in [0, 0.05) is 0 Å². The van der Waals surface area contributed by atoms with Gasteiger partial charge in [-0.1, -0.05) is 78.1 Å². The van der Waals surface area contributed by atoms with Gasteiger partial charge >= 0.3 is 0 Å². The van der Waals surface area contributed by atoms with E-state index in [1.165, 1.54) is 77.0 Å². The maximum atomic E-state index is 5.85. The van der Waals surface area contributed by atoms with Crippen LogP contribution in [0.4, 0.5) is 0 Å². The molecule has 1 nitrogen and oxygen atoms in total. The molecule has 0 aromatic rings. The second-order valence-corrected chi connectivity index (χ2v) is 5.51. The van der Waals surface area contributed by atoms with Crippen LogP contribution in [0.5, 0.6) is 0 Å². The van der Waals surface area contributed by atoms with Gasteiger partial charge in [0.05, 0.1) is 0 Å². The van der Waals surface area contributed by atoms with E-state index in [1.54, 1.807) is 0 Å². The molecule has 0 aliphatic heterocycles. The first kappa shape index (κ1) is 17.0. The molecule has 0 heterocycles. The van der Waals surface area contributed by atoms with Gasteiger partial charge in [0.1, 0.15) is 0 Å². The topological polar surface area (TPSA) is 26.0 Å². The molecule has 0 aliphatic rings. The van der Waals surface area contributed by atoms with Gasteiger partial charge in [0.15, 0.2) is 0 Å². The molecule has 0 saturated heterocycles. The zero-order valence-corrected chi connectivity index (χ0v) is 12.3. The van der Waals surface area contributed by atoms with Gasteiger partial charge in [-0.15, -0.1) is 0 Å².